The van der Waals surface area contributed by atoms with Gasteiger partial charge in [-0.05, 0) is 18.8 Å². The van der Waals surface area contributed by atoms with Crippen LogP contribution in [-0.4, -0.2) is 36.4 Å². The molecule has 4 nitrogen and oxygen atoms in total. The third-order valence-electron chi connectivity index (χ3n) is 2.55. The molecule has 0 unspecified atom stereocenters. The number of aliphatic hydroxyl groups is 1. The Kier molecular flexibility index (Phi) is 2.51. The molecule has 1 aliphatic heterocycles. The minimum Gasteiger partial charge on any atom is -0.464 e. The lowest BCUT2D eigenvalue weighted by atomic mass is 10.2. The number of esters is 1. The summed E-state index contributed by atoms with van der Waals surface area (Å²) in [6, 6.07) is -0.284. The Bertz CT molecular complexity index is 203. The molecule has 0 aromatic carbocycles. The molecule has 2 N–H and O–H groups in total. The zero-order valence-electron chi connectivity index (χ0n) is 7.53. The molecule has 0 amide bonds. The minimum absolute atomic E-state index is 0.205. The van der Waals surface area contributed by atoms with Crippen molar-refractivity contribution in [1.29, 1.82) is 0 Å². The van der Waals surface area contributed by atoms with Gasteiger partial charge in [0.2, 0.25) is 0 Å². The van der Waals surface area contributed by atoms with E-state index in [4.69, 9.17) is 9.84 Å². The lowest BCUT2D eigenvalue weighted by molar-refractivity contribution is -0.146. The van der Waals surface area contributed by atoms with Crippen molar-refractivity contribution < 1.29 is 14.6 Å². The Morgan fingerprint density at radius 1 is 1.54 bits per heavy atom. The van der Waals surface area contributed by atoms with Crippen LogP contribution in [0.2, 0.25) is 0 Å². The van der Waals surface area contributed by atoms with E-state index in [1.807, 2.05) is 0 Å². The summed E-state index contributed by atoms with van der Waals surface area (Å²) in [5, 5.41) is 12.1. The van der Waals surface area contributed by atoms with E-state index in [0.717, 1.165) is 0 Å². The maximum atomic E-state index is 11.3. The number of β-amino-alcohol motifs (C(OH)–C–C–N with tert-alkyl or cyclic N) is 1. The van der Waals surface area contributed by atoms with Crippen LogP contribution in [0.4, 0.5) is 0 Å². The van der Waals surface area contributed by atoms with Gasteiger partial charge in [-0.2, -0.15) is 0 Å². The van der Waals surface area contributed by atoms with Gasteiger partial charge in [-0.15, -0.1) is 0 Å². The summed E-state index contributed by atoms with van der Waals surface area (Å²) >= 11 is 0. The molecule has 2 rings (SSSR count). The second-order valence-electron chi connectivity index (χ2n) is 3.92. The fraction of sp³-hybridized carbons (Fsp3) is 0.889. The summed E-state index contributed by atoms with van der Waals surface area (Å²) < 4.78 is 5.09. The standard InChI is InChI=1S/C9H15NO3/c11-7-3-8(10-4-7)9(12)13-5-6-1-2-6/h6-8,10-11H,1-5H2/t7-,8-/m1/s1. The molecule has 0 spiro atoms. The molecule has 2 atom stereocenters. The molecule has 0 bridgehead atoms. The Hall–Kier alpha value is -0.610. The predicted octanol–water partition coefficient (Wildman–Crippen LogP) is -0.338. The van der Waals surface area contributed by atoms with Crippen LogP contribution in [0.15, 0.2) is 0 Å². The van der Waals surface area contributed by atoms with Crippen molar-refractivity contribution >= 4 is 5.97 Å². The number of hydrogen-bond acceptors (Lipinski definition) is 4. The first kappa shape index (κ1) is 8.97. The van der Waals surface area contributed by atoms with E-state index in [9.17, 15) is 4.79 Å². The maximum Gasteiger partial charge on any atom is 0.323 e. The second kappa shape index (κ2) is 3.64. The zero-order valence-corrected chi connectivity index (χ0v) is 7.53. The number of rotatable bonds is 3. The molecule has 2 aliphatic rings. The highest BCUT2D eigenvalue weighted by Gasteiger charge is 2.31. The molecule has 1 saturated carbocycles. The number of aliphatic hydroxyl groups excluding tert-OH is 1. The maximum absolute atomic E-state index is 11.3. The van der Waals surface area contributed by atoms with E-state index < -0.39 is 6.10 Å². The molecule has 1 aliphatic carbocycles. The van der Waals surface area contributed by atoms with Gasteiger partial charge in [0.25, 0.3) is 0 Å². The molecular formula is C9H15NO3. The van der Waals surface area contributed by atoms with Crippen molar-refractivity contribution in [3.63, 3.8) is 0 Å². The topological polar surface area (TPSA) is 58.6 Å². The smallest absolute Gasteiger partial charge is 0.323 e. The molecule has 74 valence electrons. The van der Waals surface area contributed by atoms with Gasteiger partial charge in [0.05, 0.1) is 12.7 Å². The van der Waals surface area contributed by atoms with E-state index >= 15 is 0 Å². The fourth-order valence-electron chi connectivity index (χ4n) is 1.48. The van der Waals surface area contributed by atoms with Gasteiger partial charge in [0, 0.05) is 13.0 Å². The van der Waals surface area contributed by atoms with E-state index in [1.54, 1.807) is 0 Å². The monoisotopic (exact) mass is 185 g/mol. The molecular weight excluding hydrogens is 170 g/mol. The number of hydrogen-bond donors (Lipinski definition) is 2. The lowest BCUT2D eigenvalue weighted by Gasteiger charge is -2.09. The molecule has 1 saturated heterocycles. The molecule has 0 aromatic rings. The Labute approximate surface area is 77.3 Å². The van der Waals surface area contributed by atoms with E-state index in [2.05, 4.69) is 5.32 Å². The van der Waals surface area contributed by atoms with Crippen molar-refractivity contribution in [3.05, 3.63) is 0 Å². The van der Waals surface area contributed by atoms with E-state index in [1.165, 1.54) is 12.8 Å². The summed E-state index contributed by atoms with van der Waals surface area (Å²) in [5.74, 6) is 0.402. The van der Waals surface area contributed by atoms with Gasteiger partial charge < -0.3 is 15.2 Å². The number of carbonyl (C=O) groups excluding carboxylic acids is 1. The lowest BCUT2D eigenvalue weighted by Crippen LogP contribution is -2.32. The van der Waals surface area contributed by atoms with Gasteiger partial charge in [-0.3, -0.25) is 4.79 Å². The largest absolute Gasteiger partial charge is 0.464 e. The summed E-state index contributed by atoms with van der Waals surface area (Å²) in [4.78, 5) is 11.3. The van der Waals surface area contributed by atoms with Crippen LogP contribution in [0.25, 0.3) is 0 Å². The SMILES string of the molecule is O=C(OCC1CC1)[C@H]1C[C@@H](O)CN1. The van der Waals surface area contributed by atoms with E-state index in [-0.39, 0.29) is 12.0 Å². The molecule has 13 heavy (non-hydrogen) atoms. The summed E-state index contributed by atoms with van der Waals surface area (Å²) in [6.45, 7) is 1.07. The van der Waals surface area contributed by atoms with Crippen LogP contribution in [0.3, 0.4) is 0 Å². The minimum atomic E-state index is -0.390. The first-order valence-electron chi connectivity index (χ1n) is 4.84. The van der Waals surface area contributed by atoms with Crippen molar-refractivity contribution in [3.8, 4) is 0 Å². The highest BCUT2D eigenvalue weighted by atomic mass is 16.5. The van der Waals surface area contributed by atoms with Crippen LogP contribution in [-0.2, 0) is 9.53 Å². The molecule has 4 heteroatoms. The molecule has 2 fully saturated rings. The van der Waals surface area contributed by atoms with Crippen molar-refractivity contribution in [2.75, 3.05) is 13.2 Å². The number of carbonyl (C=O) groups is 1. The van der Waals surface area contributed by atoms with Gasteiger partial charge in [0.15, 0.2) is 0 Å². The first-order chi connectivity index (χ1) is 6.25. The fourth-order valence-corrected chi connectivity index (χ4v) is 1.48. The molecule has 1 heterocycles. The second-order valence-corrected chi connectivity index (χ2v) is 3.92. The van der Waals surface area contributed by atoms with Crippen LogP contribution < -0.4 is 5.32 Å². The average molecular weight is 185 g/mol. The highest BCUT2D eigenvalue weighted by Crippen LogP contribution is 2.29. The summed E-state index contributed by atoms with van der Waals surface area (Å²) in [5.41, 5.74) is 0. The number of ether oxygens (including phenoxy) is 1. The molecule has 0 radical (unpaired) electrons. The Morgan fingerprint density at radius 2 is 2.31 bits per heavy atom. The quantitative estimate of drug-likeness (QED) is 0.591. The highest BCUT2D eigenvalue weighted by molar-refractivity contribution is 5.76. The normalized spacial score (nSPS) is 33.3. The van der Waals surface area contributed by atoms with Crippen LogP contribution in [0.1, 0.15) is 19.3 Å². The van der Waals surface area contributed by atoms with Crippen molar-refractivity contribution in [2.24, 2.45) is 5.92 Å². The van der Waals surface area contributed by atoms with Crippen molar-refractivity contribution in [2.45, 2.75) is 31.4 Å². The van der Waals surface area contributed by atoms with Crippen LogP contribution in [0, 0.1) is 5.92 Å². The summed E-state index contributed by atoms with van der Waals surface area (Å²) in [7, 11) is 0. The van der Waals surface area contributed by atoms with Crippen LogP contribution >= 0.6 is 0 Å². The summed E-state index contributed by atoms with van der Waals surface area (Å²) in [6.07, 6.45) is 2.48. The Morgan fingerprint density at radius 3 is 2.85 bits per heavy atom. The first-order valence-corrected chi connectivity index (χ1v) is 4.84. The Balaban J connectivity index is 1.69. The zero-order chi connectivity index (χ0) is 9.26. The number of nitrogens with one attached hydrogen (secondary N) is 1. The predicted molar refractivity (Wildman–Crippen MR) is 46.1 cm³/mol. The van der Waals surface area contributed by atoms with Gasteiger partial charge in [0.1, 0.15) is 6.04 Å². The van der Waals surface area contributed by atoms with Crippen LogP contribution in [0.5, 0.6) is 0 Å². The van der Waals surface area contributed by atoms with Gasteiger partial charge >= 0.3 is 5.97 Å². The average Bonchev–Trinajstić information content (AvgIpc) is 2.84. The third-order valence-corrected chi connectivity index (χ3v) is 2.55. The van der Waals surface area contributed by atoms with E-state index in [0.29, 0.717) is 25.5 Å². The third kappa shape index (κ3) is 2.42. The van der Waals surface area contributed by atoms with Crippen molar-refractivity contribution in [1.82, 2.24) is 5.32 Å². The van der Waals surface area contributed by atoms with Gasteiger partial charge in [-0.25, -0.2) is 0 Å². The van der Waals surface area contributed by atoms with Gasteiger partial charge in [-0.1, -0.05) is 0 Å². The molecule has 0 aromatic heterocycles.